The normalized spacial score (nSPS) is 11.1. The molecule has 0 saturated carbocycles. The first-order valence-corrected chi connectivity index (χ1v) is 10.6. The number of amides is 1. The molecule has 0 fully saturated rings. The fourth-order valence-corrected chi connectivity index (χ4v) is 4.24. The molecule has 0 bridgehead atoms. The van der Waals surface area contributed by atoms with Gasteiger partial charge in [0.15, 0.2) is 5.43 Å². The van der Waals surface area contributed by atoms with E-state index >= 15 is 0 Å². The van der Waals surface area contributed by atoms with Crippen LogP contribution in [0.3, 0.4) is 0 Å². The fourth-order valence-electron chi connectivity index (χ4n) is 4.11. The number of aryl methyl sites for hydroxylation is 1. The molecule has 5 heteroatoms. The second kappa shape index (κ2) is 7.98. The van der Waals surface area contributed by atoms with Crippen molar-refractivity contribution in [2.45, 2.75) is 0 Å². The smallest absolute Gasteiger partial charge is 0.256 e. The highest BCUT2D eigenvalue weighted by atomic mass is 35.5. The molecule has 32 heavy (non-hydrogen) atoms. The Hall–Kier alpha value is -3.89. The van der Waals surface area contributed by atoms with Crippen molar-refractivity contribution in [3.05, 3.63) is 112 Å². The number of pyridine rings is 1. The van der Waals surface area contributed by atoms with Crippen LogP contribution in [0.4, 0.5) is 5.82 Å². The molecule has 5 aromatic rings. The number of halogens is 1. The Morgan fingerprint density at radius 3 is 2.25 bits per heavy atom. The first-order chi connectivity index (χ1) is 15.5. The van der Waals surface area contributed by atoms with Crippen molar-refractivity contribution in [3.8, 4) is 11.1 Å². The standard InChI is InChI=1S/C27H19ClN2O2/c1-30-23-12-5-4-10-22(23)25(31)24(21-11-6-8-17-7-2-3-9-20(17)21)26(30)29-27(32)18-13-15-19(28)16-14-18/h2-16H,1H3,(H,29,32). The van der Waals surface area contributed by atoms with Crippen molar-refractivity contribution in [1.29, 1.82) is 0 Å². The number of hydrogen-bond donors (Lipinski definition) is 1. The summed E-state index contributed by atoms with van der Waals surface area (Å²) in [4.78, 5) is 26.8. The molecular formula is C27H19ClN2O2. The molecule has 5 rings (SSSR count). The van der Waals surface area contributed by atoms with Crippen LogP contribution in [-0.2, 0) is 7.05 Å². The van der Waals surface area contributed by atoms with Crippen LogP contribution in [0.25, 0.3) is 32.8 Å². The molecule has 1 aromatic heterocycles. The van der Waals surface area contributed by atoms with Crippen molar-refractivity contribution in [2.75, 3.05) is 5.32 Å². The van der Waals surface area contributed by atoms with Gasteiger partial charge in [0.25, 0.3) is 5.91 Å². The van der Waals surface area contributed by atoms with E-state index in [1.165, 1.54) is 0 Å². The summed E-state index contributed by atoms with van der Waals surface area (Å²) >= 11 is 5.97. The zero-order valence-corrected chi connectivity index (χ0v) is 18.1. The molecule has 1 amide bonds. The van der Waals surface area contributed by atoms with Crippen LogP contribution in [0.15, 0.2) is 95.8 Å². The number of aromatic nitrogens is 1. The molecule has 0 radical (unpaired) electrons. The predicted octanol–water partition coefficient (Wildman–Crippen LogP) is 6.26. The molecule has 0 aliphatic carbocycles. The van der Waals surface area contributed by atoms with Crippen molar-refractivity contribution < 1.29 is 4.79 Å². The summed E-state index contributed by atoms with van der Waals surface area (Å²) in [5.74, 6) is 0.137. The van der Waals surface area contributed by atoms with Gasteiger partial charge in [-0.05, 0) is 52.7 Å². The van der Waals surface area contributed by atoms with Gasteiger partial charge in [-0.2, -0.15) is 0 Å². The lowest BCUT2D eigenvalue weighted by Crippen LogP contribution is -2.21. The van der Waals surface area contributed by atoms with Gasteiger partial charge in [-0.15, -0.1) is 0 Å². The number of rotatable bonds is 3. The largest absolute Gasteiger partial charge is 0.330 e. The summed E-state index contributed by atoms with van der Waals surface area (Å²) in [5, 5.41) is 6.11. The minimum absolute atomic E-state index is 0.124. The molecule has 4 aromatic carbocycles. The van der Waals surface area contributed by atoms with Crippen LogP contribution in [0, 0.1) is 0 Å². The Bertz CT molecular complexity index is 1550. The van der Waals surface area contributed by atoms with Gasteiger partial charge in [-0.1, -0.05) is 66.2 Å². The molecule has 0 saturated heterocycles. The maximum Gasteiger partial charge on any atom is 0.256 e. The number of benzene rings is 4. The lowest BCUT2D eigenvalue weighted by atomic mass is 9.96. The summed E-state index contributed by atoms with van der Waals surface area (Å²) < 4.78 is 1.86. The van der Waals surface area contributed by atoms with Crippen molar-refractivity contribution in [2.24, 2.45) is 7.05 Å². The van der Waals surface area contributed by atoms with Gasteiger partial charge in [0.2, 0.25) is 0 Å². The number of nitrogens with zero attached hydrogens (tertiary/aromatic N) is 1. The van der Waals surface area contributed by atoms with E-state index in [0.29, 0.717) is 27.4 Å². The molecule has 1 heterocycles. The molecular weight excluding hydrogens is 420 g/mol. The van der Waals surface area contributed by atoms with Crippen LogP contribution < -0.4 is 10.7 Å². The first-order valence-electron chi connectivity index (χ1n) is 10.2. The summed E-state index contributed by atoms with van der Waals surface area (Å²) in [6.45, 7) is 0. The average Bonchev–Trinajstić information content (AvgIpc) is 2.83. The Labute approximate surface area is 189 Å². The summed E-state index contributed by atoms with van der Waals surface area (Å²) in [6, 6.07) is 27.9. The lowest BCUT2D eigenvalue weighted by Gasteiger charge is -2.19. The van der Waals surface area contributed by atoms with Crippen LogP contribution in [-0.4, -0.2) is 10.5 Å². The van der Waals surface area contributed by atoms with E-state index in [2.05, 4.69) is 5.32 Å². The maximum atomic E-state index is 13.7. The van der Waals surface area contributed by atoms with E-state index in [4.69, 9.17) is 11.6 Å². The molecule has 1 N–H and O–H groups in total. The van der Waals surface area contributed by atoms with E-state index in [1.807, 2.05) is 78.3 Å². The quantitative estimate of drug-likeness (QED) is 0.361. The third-order valence-electron chi connectivity index (χ3n) is 5.71. The van der Waals surface area contributed by atoms with Crippen LogP contribution >= 0.6 is 11.6 Å². The SMILES string of the molecule is Cn1c(NC(=O)c2ccc(Cl)cc2)c(-c2cccc3ccccc23)c(=O)c2ccccc21. The number of carbonyl (C=O) groups excluding carboxylic acids is 1. The van der Waals surface area contributed by atoms with E-state index in [-0.39, 0.29) is 11.3 Å². The van der Waals surface area contributed by atoms with Crippen LogP contribution in [0.2, 0.25) is 5.02 Å². The Kier molecular flexibility index (Phi) is 5.00. The van der Waals surface area contributed by atoms with Crippen molar-refractivity contribution in [3.63, 3.8) is 0 Å². The monoisotopic (exact) mass is 438 g/mol. The van der Waals surface area contributed by atoms with Gasteiger partial charge in [-0.25, -0.2) is 0 Å². The molecule has 0 unspecified atom stereocenters. The van der Waals surface area contributed by atoms with Crippen LogP contribution in [0.1, 0.15) is 10.4 Å². The van der Waals surface area contributed by atoms with Gasteiger partial charge in [-0.3, -0.25) is 9.59 Å². The molecule has 156 valence electrons. The van der Waals surface area contributed by atoms with E-state index in [1.54, 1.807) is 24.3 Å². The summed E-state index contributed by atoms with van der Waals surface area (Å²) in [6.07, 6.45) is 0. The minimum Gasteiger partial charge on any atom is -0.330 e. The second-order valence-electron chi connectivity index (χ2n) is 7.62. The topological polar surface area (TPSA) is 51.1 Å². The third-order valence-corrected chi connectivity index (χ3v) is 5.96. The summed E-state index contributed by atoms with van der Waals surface area (Å²) in [7, 11) is 1.86. The Morgan fingerprint density at radius 2 is 1.47 bits per heavy atom. The minimum atomic E-state index is -0.312. The van der Waals surface area contributed by atoms with E-state index in [0.717, 1.165) is 21.9 Å². The van der Waals surface area contributed by atoms with E-state index in [9.17, 15) is 9.59 Å². The zero-order chi connectivity index (χ0) is 22.2. The van der Waals surface area contributed by atoms with Gasteiger partial charge >= 0.3 is 0 Å². The van der Waals surface area contributed by atoms with Crippen molar-refractivity contribution in [1.82, 2.24) is 4.57 Å². The highest BCUT2D eigenvalue weighted by Crippen LogP contribution is 2.33. The molecule has 0 atom stereocenters. The molecule has 0 aliphatic heterocycles. The first kappa shape index (κ1) is 20.0. The van der Waals surface area contributed by atoms with Gasteiger partial charge in [0.05, 0.1) is 11.1 Å². The van der Waals surface area contributed by atoms with Gasteiger partial charge in [0.1, 0.15) is 5.82 Å². The number of carbonyl (C=O) groups is 1. The third kappa shape index (κ3) is 3.35. The molecule has 0 aliphatic rings. The number of fused-ring (bicyclic) bond motifs is 2. The maximum absolute atomic E-state index is 13.7. The number of anilines is 1. The zero-order valence-electron chi connectivity index (χ0n) is 17.3. The van der Waals surface area contributed by atoms with Gasteiger partial charge < -0.3 is 9.88 Å². The van der Waals surface area contributed by atoms with E-state index < -0.39 is 0 Å². The average molecular weight is 439 g/mol. The van der Waals surface area contributed by atoms with Crippen molar-refractivity contribution >= 4 is 45.0 Å². The predicted molar refractivity (Wildman–Crippen MR) is 132 cm³/mol. The van der Waals surface area contributed by atoms with Gasteiger partial charge in [0, 0.05) is 23.0 Å². The summed E-state index contributed by atoms with van der Waals surface area (Å²) in [5.41, 5.74) is 2.32. The highest BCUT2D eigenvalue weighted by Gasteiger charge is 2.20. The lowest BCUT2D eigenvalue weighted by molar-refractivity contribution is 0.102. The second-order valence-corrected chi connectivity index (χ2v) is 8.05. The number of para-hydroxylation sites is 1. The Balaban J connectivity index is 1.80. The highest BCUT2D eigenvalue weighted by molar-refractivity contribution is 6.30. The molecule has 4 nitrogen and oxygen atoms in total. The fraction of sp³-hybridized carbons (Fsp3) is 0.0370. The van der Waals surface area contributed by atoms with Crippen LogP contribution in [0.5, 0.6) is 0 Å². The Morgan fingerprint density at radius 1 is 0.812 bits per heavy atom. The molecule has 0 spiro atoms. The number of nitrogens with one attached hydrogen (secondary N) is 1. The number of hydrogen-bond acceptors (Lipinski definition) is 2.